The summed E-state index contributed by atoms with van der Waals surface area (Å²) in [5.74, 6) is -1.09. The van der Waals surface area contributed by atoms with Gasteiger partial charge >= 0.3 is 0 Å². The van der Waals surface area contributed by atoms with E-state index in [-0.39, 0.29) is 0 Å². The Morgan fingerprint density at radius 3 is 2.27 bits per heavy atom. The Bertz CT molecular complexity index is 233. The van der Waals surface area contributed by atoms with Crippen LogP contribution in [0.5, 0.6) is 0 Å². The number of carbonyl (C=O) groups is 1. The third-order valence-electron chi connectivity index (χ3n) is 1.01. The molecule has 0 spiro atoms. The maximum Gasteiger partial charge on any atom is 0.261 e. The van der Waals surface area contributed by atoms with Crippen molar-refractivity contribution in [1.29, 1.82) is 0 Å². The van der Waals surface area contributed by atoms with Crippen molar-refractivity contribution in [3.63, 3.8) is 0 Å². The number of rotatable bonds is 3. The zero-order valence-electron chi connectivity index (χ0n) is 6.70. The lowest BCUT2D eigenvalue weighted by Gasteiger charge is -2.11. The van der Waals surface area contributed by atoms with E-state index < -0.39 is 21.5 Å². The van der Waals surface area contributed by atoms with E-state index in [2.05, 4.69) is 4.84 Å². The summed E-state index contributed by atoms with van der Waals surface area (Å²) in [6.45, 7) is 0. The van der Waals surface area contributed by atoms with Gasteiger partial charge in [-0.25, -0.2) is 13.5 Å². The first kappa shape index (κ1) is 10.4. The fourth-order valence-corrected chi connectivity index (χ4v) is 1.05. The van der Waals surface area contributed by atoms with Crippen molar-refractivity contribution in [3.05, 3.63) is 0 Å². The number of carbonyl (C=O) groups excluding carboxylic acids is 1. The molecule has 6 heteroatoms. The van der Waals surface area contributed by atoms with E-state index in [9.17, 15) is 13.2 Å². The molecule has 5 nitrogen and oxygen atoms in total. The fourth-order valence-electron chi connectivity index (χ4n) is 0.417. The number of sulfone groups is 1. The first-order valence-corrected chi connectivity index (χ1v) is 4.91. The molecule has 0 saturated heterocycles. The van der Waals surface area contributed by atoms with E-state index in [1.807, 2.05) is 0 Å². The molecule has 0 fully saturated rings. The van der Waals surface area contributed by atoms with Crippen LogP contribution >= 0.6 is 0 Å². The average molecular weight is 181 g/mol. The molecular formula is C5H11NO4S. The van der Waals surface area contributed by atoms with Crippen molar-refractivity contribution in [2.75, 3.05) is 26.2 Å². The van der Waals surface area contributed by atoms with Crippen molar-refractivity contribution < 1.29 is 18.0 Å². The Hall–Kier alpha value is -0.620. The zero-order valence-corrected chi connectivity index (χ0v) is 7.51. The van der Waals surface area contributed by atoms with Crippen LogP contribution < -0.4 is 0 Å². The van der Waals surface area contributed by atoms with Crippen LogP contribution in [0.25, 0.3) is 0 Å². The van der Waals surface area contributed by atoms with Crippen molar-refractivity contribution in [2.45, 2.75) is 0 Å². The van der Waals surface area contributed by atoms with Crippen molar-refractivity contribution in [3.8, 4) is 0 Å². The van der Waals surface area contributed by atoms with E-state index >= 15 is 0 Å². The van der Waals surface area contributed by atoms with Crippen LogP contribution in [0, 0.1) is 0 Å². The molecule has 0 N–H and O–H groups in total. The summed E-state index contributed by atoms with van der Waals surface area (Å²) >= 11 is 0. The van der Waals surface area contributed by atoms with Gasteiger partial charge in [0.2, 0.25) is 0 Å². The number of hydrogen-bond acceptors (Lipinski definition) is 4. The molecule has 0 atom stereocenters. The molecule has 1 amide bonds. The van der Waals surface area contributed by atoms with E-state index in [1.54, 1.807) is 0 Å². The van der Waals surface area contributed by atoms with Gasteiger partial charge in [0.25, 0.3) is 5.91 Å². The van der Waals surface area contributed by atoms with Gasteiger partial charge in [-0.2, -0.15) is 0 Å². The maximum atomic E-state index is 10.8. The molecule has 0 unspecified atom stereocenters. The molecule has 0 rings (SSSR count). The minimum atomic E-state index is -3.25. The molecular weight excluding hydrogens is 170 g/mol. The number of amides is 1. The summed E-state index contributed by atoms with van der Waals surface area (Å²) in [6.07, 6.45) is 0.994. The van der Waals surface area contributed by atoms with E-state index in [4.69, 9.17) is 0 Å². The smallest absolute Gasteiger partial charge is 0.261 e. The van der Waals surface area contributed by atoms with Gasteiger partial charge in [-0.3, -0.25) is 9.63 Å². The number of hydrogen-bond donors (Lipinski definition) is 0. The van der Waals surface area contributed by atoms with Gasteiger partial charge < -0.3 is 0 Å². The monoisotopic (exact) mass is 181 g/mol. The fraction of sp³-hybridized carbons (Fsp3) is 0.800. The highest BCUT2D eigenvalue weighted by Crippen LogP contribution is 1.89. The molecule has 0 heterocycles. The van der Waals surface area contributed by atoms with E-state index in [0.29, 0.717) is 0 Å². The van der Waals surface area contributed by atoms with Crippen molar-refractivity contribution in [1.82, 2.24) is 5.06 Å². The second-order valence-corrected chi connectivity index (χ2v) is 4.28. The highest BCUT2D eigenvalue weighted by Gasteiger charge is 2.14. The van der Waals surface area contributed by atoms with Crippen LogP contribution in [0.1, 0.15) is 0 Å². The lowest BCUT2D eigenvalue weighted by atomic mass is 10.7. The first-order chi connectivity index (χ1) is 4.87. The molecule has 0 saturated carbocycles. The highest BCUT2D eigenvalue weighted by molar-refractivity contribution is 7.91. The molecule has 0 aliphatic heterocycles. The van der Waals surface area contributed by atoms with Crippen LogP contribution in [-0.4, -0.2) is 45.6 Å². The minimum absolute atomic E-state index is 0.517. The Morgan fingerprint density at radius 2 is 2.00 bits per heavy atom. The number of nitrogens with zero attached hydrogens (tertiary/aromatic N) is 1. The van der Waals surface area contributed by atoms with Gasteiger partial charge in [-0.15, -0.1) is 0 Å². The average Bonchev–Trinajstić information content (AvgIpc) is 1.82. The van der Waals surface area contributed by atoms with Crippen LogP contribution in [0.2, 0.25) is 0 Å². The van der Waals surface area contributed by atoms with Gasteiger partial charge in [-0.1, -0.05) is 0 Å². The standard InChI is InChI=1S/C5H11NO4S/c1-6(10-2)5(7)4-11(3,8)9/h4H2,1-3H3. The molecule has 11 heavy (non-hydrogen) atoms. The Balaban J connectivity index is 4.10. The SMILES string of the molecule is CON(C)C(=O)CS(C)(=O)=O. The quantitative estimate of drug-likeness (QED) is 0.527. The van der Waals surface area contributed by atoms with Gasteiger partial charge in [0.1, 0.15) is 5.75 Å². The predicted octanol–water partition coefficient (Wildman–Crippen LogP) is -0.949. The Kier molecular flexibility index (Phi) is 3.47. The van der Waals surface area contributed by atoms with E-state index in [1.165, 1.54) is 14.2 Å². The van der Waals surface area contributed by atoms with Crippen LogP contribution in [-0.2, 0) is 19.5 Å². The van der Waals surface area contributed by atoms with Gasteiger partial charge in [0.15, 0.2) is 9.84 Å². The summed E-state index contributed by atoms with van der Waals surface area (Å²) in [5, 5.41) is 0.876. The molecule has 0 aliphatic carbocycles. The second kappa shape index (κ2) is 3.68. The zero-order chi connectivity index (χ0) is 9.07. The predicted molar refractivity (Wildman–Crippen MR) is 39.5 cm³/mol. The summed E-state index contributed by atoms with van der Waals surface area (Å²) in [5.41, 5.74) is 0. The van der Waals surface area contributed by atoms with Crippen LogP contribution in [0.15, 0.2) is 0 Å². The first-order valence-electron chi connectivity index (χ1n) is 2.85. The summed E-state index contributed by atoms with van der Waals surface area (Å²) in [4.78, 5) is 15.3. The third-order valence-corrected chi connectivity index (χ3v) is 1.78. The summed E-state index contributed by atoms with van der Waals surface area (Å²) < 4.78 is 21.1. The molecule has 0 aliphatic rings. The molecule has 0 radical (unpaired) electrons. The molecule has 0 aromatic rings. The normalized spacial score (nSPS) is 11.2. The van der Waals surface area contributed by atoms with Gasteiger partial charge in [0.05, 0.1) is 7.11 Å². The Morgan fingerprint density at radius 1 is 1.55 bits per heavy atom. The molecule has 0 aromatic carbocycles. The molecule has 66 valence electrons. The largest absolute Gasteiger partial charge is 0.275 e. The molecule has 0 aromatic heterocycles. The van der Waals surface area contributed by atoms with Crippen LogP contribution in [0.3, 0.4) is 0 Å². The third kappa shape index (κ3) is 4.74. The topological polar surface area (TPSA) is 63.7 Å². The van der Waals surface area contributed by atoms with Crippen LogP contribution in [0.4, 0.5) is 0 Å². The molecule has 0 bridgehead atoms. The number of hydroxylamine groups is 2. The second-order valence-electron chi connectivity index (χ2n) is 2.14. The highest BCUT2D eigenvalue weighted by atomic mass is 32.2. The lowest BCUT2D eigenvalue weighted by Crippen LogP contribution is -2.31. The maximum absolute atomic E-state index is 10.8. The van der Waals surface area contributed by atoms with E-state index in [0.717, 1.165) is 11.3 Å². The van der Waals surface area contributed by atoms with Crippen molar-refractivity contribution >= 4 is 15.7 Å². The summed E-state index contributed by atoms with van der Waals surface area (Å²) in [6, 6.07) is 0. The van der Waals surface area contributed by atoms with Gasteiger partial charge in [-0.05, 0) is 0 Å². The summed E-state index contributed by atoms with van der Waals surface area (Å²) in [7, 11) is -0.603. The van der Waals surface area contributed by atoms with Gasteiger partial charge in [0, 0.05) is 13.3 Å². The Labute approximate surface area is 65.8 Å². The minimum Gasteiger partial charge on any atom is -0.275 e. The lowest BCUT2D eigenvalue weighted by molar-refractivity contribution is -0.165. The van der Waals surface area contributed by atoms with Crippen molar-refractivity contribution in [2.24, 2.45) is 0 Å².